The van der Waals surface area contributed by atoms with Crippen molar-refractivity contribution in [1.29, 1.82) is 0 Å². The lowest BCUT2D eigenvalue weighted by molar-refractivity contribution is 0.389. The summed E-state index contributed by atoms with van der Waals surface area (Å²) in [5.41, 5.74) is 3.51. The predicted octanol–water partition coefficient (Wildman–Crippen LogP) is 2.48. The maximum absolute atomic E-state index is 5.50. The molecule has 2 aromatic rings. The lowest BCUT2D eigenvalue weighted by Gasteiger charge is -2.29. The van der Waals surface area contributed by atoms with Gasteiger partial charge in [0.15, 0.2) is 5.11 Å². The van der Waals surface area contributed by atoms with Crippen LogP contribution >= 0.6 is 12.2 Å². The minimum absolute atomic E-state index is 0.769. The molecule has 3 rings (SSSR count). The number of aromatic nitrogens is 2. The largest absolute Gasteiger partial charge is 0.343 e. The van der Waals surface area contributed by atoms with Crippen LogP contribution in [0.25, 0.3) is 0 Å². The molecule has 0 fully saturated rings. The molecule has 1 aromatic heterocycles. The summed E-state index contributed by atoms with van der Waals surface area (Å²) in [4.78, 5) is 6.80. The van der Waals surface area contributed by atoms with Crippen molar-refractivity contribution in [3.63, 3.8) is 0 Å². The molecule has 0 amide bonds. The second kappa shape index (κ2) is 5.25. The number of anilines is 1. The first-order valence-electron chi connectivity index (χ1n) is 6.77. The fourth-order valence-electron chi connectivity index (χ4n) is 2.56. The van der Waals surface area contributed by atoms with Gasteiger partial charge in [-0.15, -0.1) is 0 Å². The summed E-state index contributed by atoms with van der Waals surface area (Å²) in [5, 5.41) is 4.06. The first-order valence-corrected chi connectivity index (χ1v) is 7.18. The number of para-hydroxylation sites is 1. The molecule has 0 spiro atoms. The molecular weight excluding hydrogens is 268 g/mol. The van der Waals surface area contributed by atoms with Gasteiger partial charge in [0.05, 0.1) is 12.2 Å². The van der Waals surface area contributed by atoms with Gasteiger partial charge in [0.25, 0.3) is 0 Å². The van der Waals surface area contributed by atoms with Crippen molar-refractivity contribution >= 4 is 23.0 Å². The van der Waals surface area contributed by atoms with E-state index in [1.807, 2.05) is 37.3 Å². The Morgan fingerprint density at radius 1 is 1.30 bits per heavy atom. The highest BCUT2D eigenvalue weighted by Gasteiger charge is 2.22. The van der Waals surface area contributed by atoms with Gasteiger partial charge in [0.2, 0.25) is 0 Å². The van der Waals surface area contributed by atoms with Crippen LogP contribution in [-0.4, -0.2) is 26.1 Å². The predicted molar refractivity (Wildman–Crippen MR) is 84.7 cm³/mol. The van der Waals surface area contributed by atoms with Crippen LogP contribution < -0.4 is 5.32 Å². The van der Waals surface area contributed by atoms with Crippen LogP contribution in [-0.2, 0) is 20.0 Å². The Bertz CT molecular complexity index is 633. The van der Waals surface area contributed by atoms with E-state index in [1.54, 1.807) is 0 Å². The van der Waals surface area contributed by atoms with Crippen molar-refractivity contribution in [2.75, 3.05) is 11.9 Å². The highest BCUT2D eigenvalue weighted by atomic mass is 32.1. The molecule has 1 aliphatic rings. The monoisotopic (exact) mass is 286 g/mol. The molecule has 5 heteroatoms. The molecule has 0 atom stereocenters. The Morgan fingerprint density at radius 3 is 2.80 bits per heavy atom. The van der Waals surface area contributed by atoms with Crippen LogP contribution in [0.2, 0.25) is 0 Å². The molecule has 0 radical (unpaired) electrons. The van der Waals surface area contributed by atoms with Crippen LogP contribution in [0.3, 0.4) is 0 Å². The van der Waals surface area contributed by atoms with Gasteiger partial charge in [-0.3, -0.25) is 0 Å². The molecule has 4 nitrogen and oxygen atoms in total. The fourth-order valence-corrected chi connectivity index (χ4v) is 2.83. The van der Waals surface area contributed by atoms with E-state index in [9.17, 15) is 0 Å². The number of nitrogens with one attached hydrogen (secondary N) is 1. The van der Waals surface area contributed by atoms with Crippen LogP contribution in [0.4, 0.5) is 5.69 Å². The fraction of sp³-hybridized carbons (Fsp3) is 0.333. The van der Waals surface area contributed by atoms with Crippen molar-refractivity contribution in [1.82, 2.24) is 14.5 Å². The third-order valence-corrected chi connectivity index (χ3v) is 4.15. The first kappa shape index (κ1) is 13.1. The standard InChI is InChI=1S/C15H18N4S/c1-11-16-13-10-19(9-8-14(13)18(11)2)15(20)17-12-6-4-3-5-7-12/h3-7H,8-10H2,1-2H3,(H,17,20). The maximum atomic E-state index is 5.50. The number of benzene rings is 1. The third-order valence-electron chi connectivity index (χ3n) is 3.79. The summed E-state index contributed by atoms with van der Waals surface area (Å²) in [6, 6.07) is 10.0. The molecular formula is C15H18N4S. The number of rotatable bonds is 1. The van der Waals surface area contributed by atoms with Crippen LogP contribution in [0.5, 0.6) is 0 Å². The van der Waals surface area contributed by atoms with Gasteiger partial charge in [-0.1, -0.05) is 18.2 Å². The van der Waals surface area contributed by atoms with Crippen molar-refractivity contribution in [3.05, 3.63) is 47.5 Å². The van der Waals surface area contributed by atoms with Crippen LogP contribution in [0.15, 0.2) is 30.3 Å². The molecule has 1 aliphatic heterocycles. The number of imidazole rings is 1. The van der Waals surface area contributed by atoms with Gasteiger partial charge in [-0.05, 0) is 31.3 Å². The van der Waals surface area contributed by atoms with Crippen molar-refractivity contribution in [2.24, 2.45) is 7.05 Å². The Balaban J connectivity index is 1.72. The van der Waals surface area contributed by atoms with E-state index in [0.717, 1.165) is 41.8 Å². The van der Waals surface area contributed by atoms with Crippen molar-refractivity contribution in [2.45, 2.75) is 19.9 Å². The normalized spacial score (nSPS) is 14.0. The van der Waals surface area contributed by atoms with E-state index in [1.165, 1.54) is 5.69 Å². The van der Waals surface area contributed by atoms with Gasteiger partial charge in [0.1, 0.15) is 5.82 Å². The number of aryl methyl sites for hydroxylation is 1. The average Bonchev–Trinajstić information content (AvgIpc) is 2.74. The van der Waals surface area contributed by atoms with E-state index in [0.29, 0.717) is 0 Å². The van der Waals surface area contributed by atoms with E-state index in [-0.39, 0.29) is 0 Å². The average molecular weight is 286 g/mol. The number of hydrogen-bond donors (Lipinski definition) is 1. The Morgan fingerprint density at radius 2 is 2.05 bits per heavy atom. The quantitative estimate of drug-likeness (QED) is 0.817. The molecule has 0 saturated heterocycles. The molecule has 104 valence electrons. The van der Waals surface area contributed by atoms with Gasteiger partial charge in [-0.25, -0.2) is 4.98 Å². The lowest BCUT2D eigenvalue weighted by Crippen LogP contribution is -2.39. The van der Waals surface area contributed by atoms with Crippen LogP contribution in [0, 0.1) is 6.92 Å². The zero-order valence-electron chi connectivity index (χ0n) is 11.8. The molecule has 0 aliphatic carbocycles. The van der Waals surface area contributed by atoms with Crippen molar-refractivity contribution < 1.29 is 0 Å². The summed E-state index contributed by atoms with van der Waals surface area (Å²) in [5.74, 6) is 1.07. The Kier molecular flexibility index (Phi) is 3.44. The number of nitrogens with zero attached hydrogens (tertiary/aromatic N) is 3. The zero-order valence-corrected chi connectivity index (χ0v) is 12.6. The number of hydrogen-bond acceptors (Lipinski definition) is 2. The smallest absolute Gasteiger partial charge is 0.173 e. The summed E-state index contributed by atoms with van der Waals surface area (Å²) < 4.78 is 2.18. The summed E-state index contributed by atoms with van der Waals surface area (Å²) in [7, 11) is 2.08. The van der Waals surface area contributed by atoms with E-state index in [2.05, 4.69) is 26.8 Å². The minimum Gasteiger partial charge on any atom is -0.343 e. The van der Waals surface area contributed by atoms with E-state index >= 15 is 0 Å². The summed E-state index contributed by atoms with van der Waals surface area (Å²) in [6.45, 7) is 3.77. The summed E-state index contributed by atoms with van der Waals surface area (Å²) in [6.07, 6.45) is 0.989. The lowest BCUT2D eigenvalue weighted by atomic mass is 10.1. The maximum Gasteiger partial charge on any atom is 0.173 e. The topological polar surface area (TPSA) is 33.1 Å². The summed E-state index contributed by atoms with van der Waals surface area (Å²) >= 11 is 5.50. The highest BCUT2D eigenvalue weighted by molar-refractivity contribution is 7.80. The number of thiocarbonyl (C=S) groups is 1. The zero-order chi connectivity index (χ0) is 14.1. The van der Waals surface area contributed by atoms with Crippen LogP contribution in [0.1, 0.15) is 17.2 Å². The second-order valence-corrected chi connectivity index (χ2v) is 5.47. The third kappa shape index (κ3) is 2.41. The molecule has 20 heavy (non-hydrogen) atoms. The van der Waals surface area contributed by atoms with Crippen molar-refractivity contribution in [3.8, 4) is 0 Å². The Hall–Kier alpha value is -1.88. The van der Waals surface area contributed by atoms with E-state index < -0.39 is 0 Å². The van der Waals surface area contributed by atoms with Gasteiger partial charge in [0, 0.05) is 31.4 Å². The second-order valence-electron chi connectivity index (χ2n) is 5.08. The van der Waals surface area contributed by atoms with Gasteiger partial charge < -0.3 is 14.8 Å². The van der Waals surface area contributed by atoms with E-state index in [4.69, 9.17) is 12.2 Å². The molecule has 1 aromatic carbocycles. The first-order chi connectivity index (χ1) is 9.65. The minimum atomic E-state index is 0.769. The molecule has 0 unspecified atom stereocenters. The van der Waals surface area contributed by atoms with Gasteiger partial charge >= 0.3 is 0 Å². The SMILES string of the molecule is Cc1nc2c(n1C)CCN(C(=S)Nc1ccccc1)C2. The molecule has 1 N–H and O–H groups in total. The number of fused-ring (bicyclic) bond motifs is 1. The Labute approximate surface area is 124 Å². The van der Waals surface area contributed by atoms with Gasteiger partial charge in [-0.2, -0.15) is 0 Å². The molecule has 2 heterocycles. The molecule has 0 saturated carbocycles. The molecule has 0 bridgehead atoms. The highest BCUT2D eigenvalue weighted by Crippen LogP contribution is 2.20.